The van der Waals surface area contributed by atoms with Crippen molar-refractivity contribution >= 4 is 33.7 Å². The Kier molecular flexibility index (Phi) is 3.68. The predicted molar refractivity (Wildman–Crippen MR) is 87.3 cm³/mol. The summed E-state index contributed by atoms with van der Waals surface area (Å²) < 4.78 is 5.44. The van der Waals surface area contributed by atoms with Crippen molar-refractivity contribution < 1.29 is 4.74 Å². The SMILES string of the molecule is COc1ccc(C(Cl)c2cscc2C)c2ccccc12. The summed E-state index contributed by atoms with van der Waals surface area (Å²) in [5.41, 5.74) is 3.56. The number of hydrogen-bond donors (Lipinski definition) is 0. The van der Waals surface area contributed by atoms with Crippen LogP contribution in [0.25, 0.3) is 10.8 Å². The number of alkyl halides is 1. The Hall–Kier alpha value is -1.51. The van der Waals surface area contributed by atoms with Crippen LogP contribution in [0, 0.1) is 6.92 Å². The number of rotatable bonds is 3. The first-order valence-corrected chi connectivity index (χ1v) is 7.82. The minimum atomic E-state index is -0.128. The normalized spacial score (nSPS) is 12.6. The first-order valence-electron chi connectivity index (χ1n) is 6.44. The van der Waals surface area contributed by atoms with Crippen LogP contribution < -0.4 is 4.74 Å². The van der Waals surface area contributed by atoms with Crippen LogP contribution >= 0.6 is 22.9 Å². The molecule has 0 amide bonds. The third-order valence-electron chi connectivity index (χ3n) is 3.58. The van der Waals surface area contributed by atoms with Gasteiger partial charge in [-0.05, 0) is 45.8 Å². The number of ether oxygens (including phenoxy) is 1. The number of hydrogen-bond acceptors (Lipinski definition) is 2. The average Bonchev–Trinajstić information content (AvgIpc) is 2.91. The zero-order valence-electron chi connectivity index (χ0n) is 11.4. The highest BCUT2D eigenvalue weighted by molar-refractivity contribution is 7.08. The van der Waals surface area contributed by atoms with Crippen molar-refractivity contribution in [2.45, 2.75) is 12.3 Å². The van der Waals surface area contributed by atoms with Crippen molar-refractivity contribution in [3.8, 4) is 5.75 Å². The first-order chi connectivity index (χ1) is 9.72. The Labute approximate surface area is 127 Å². The van der Waals surface area contributed by atoms with E-state index in [0.717, 1.165) is 22.1 Å². The number of fused-ring (bicyclic) bond motifs is 1. The molecule has 1 atom stereocenters. The van der Waals surface area contributed by atoms with Crippen molar-refractivity contribution in [3.05, 3.63) is 63.8 Å². The molecule has 0 aliphatic rings. The summed E-state index contributed by atoms with van der Waals surface area (Å²) in [6, 6.07) is 12.3. The van der Waals surface area contributed by atoms with E-state index in [2.05, 4.69) is 35.9 Å². The molecule has 1 aromatic heterocycles. The monoisotopic (exact) mass is 302 g/mol. The van der Waals surface area contributed by atoms with Crippen LogP contribution in [-0.2, 0) is 0 Å². The zero-order valence-corrected chi connectivity index (χ0v) is 13.0. The molecule has 1 unspecified atom stereocenters. The maximum Gasteiger partial charge on any atom is 0.126 e. The molecule has 102 valence electrons. The Morgan fingerprint density at radius 2 is 1.75 bits per heavy atom. The van der Waals surface area contributed by atoms with E-state index in [1.54, 1.807) is 18.4 Å². The van der Waals surface area contributed by atoms with E-state index in [-0.39, 0.29) is 5.38 Å². The third-order valence-corrected chi connectivity index (χ3v) is 4.93. The minimum Gasteiger partial charge on any atom is -0.496 e. The molecule has 2 aromatic carbocycles. The summed E-state index contributed by atoms with van der Waals surface area (Å²) >= 11 is 8.41. The molecule has 3 aromatic rings. The average molecular weight is 303 g/mol. The fourth-order valence-corrected chi connectivity index (χ4v) is 3.87. The topological polar surface area (TPSA) is 9.23 Å². The molecule has 0 spiro atoms. The van der Waals surface area contributed by atoms with E-state index < -0.39 is 0 Å². The van der Waals surface area contributed by atoms with Gasteiger partial charge in [-0.15, -0.1) is 11.6 Å². The molecule has 0 saturated carbocycles. The molecular weight excluding hydrogens is 288 g/mol. The van der Waals surface area contributed by atoms with Crippen LogP contribution in [0.5, 0.6) is 5.75 Å². The highest BCUT2D eigenvalue weighted by Gasteiger charge is 2.17. The maximum absolute atomic E-state index is 6.72. The van der Waals surface area contributed by atoms with Gasteiger partial charge >= 0.3 is 0 Å². The van der Waals surface area contributed by atoms with Crippen LogP contribution in [0.1, 0.15) is 22.1 Å². The van der Waals surface area contributed by atoms with Gasteiger partial charge in [0, 0.05) is 5.39 Å². The summed E-state index contributed by atoms with van der Waals surface area (Å²) in [5.74, 6) is 0.884. The number of thiophene rings is 1. The first kappa shape index (κ1) is 13.5. The summed E-state index contributed by atoms with van der Waals surface area (Å²) in [5, 5.41) is 6.39. The van der Waals surface area contributed by atoms with E-state index >= 15 is 0 Å². The molecular formula is C17H15ClOS. The molecule has 0 N–H and O–H groups in total. The molecule has 1 nitrogen and oxygen atoms in total. The Morgan fingerprint density at radius 3 is 2.40 bits per heavy atom. The fourth-order valence-electron chi connectivity index (χ4n) is 2.49. The van der Waals surface area contributed by atoms with Crippen LogP contribution in [0.3, 0.4) is 0 Å². The van der Waals surface area contributed by atoms with E-state index in [0.29, 0.717) is 0 Å². The molecule has 0 radical (unpaired) electrons. The van der Waals surface area contributed by atoms with E-state index in [1.807, 2.05) is 18.2 Å². The molecule has 1 heterocycles. The molecule has 3 heteroatoms. The summed E-state index contributed by atoms with van der Waals surface area (Å²) in [4.78, 5) is 0. The van der Waals surface area contributed by atoms with Gasteiger partial charge in [-0.1, -0.05) is 30.3 Å². The van der Waals surface area contributed by atoms with Crippen molar-refractivity contribution in [1.29, 1.82) is 0 Å². The zero-order chi connectivity index (χ0) is 14.1. The van der Waals surface area contributed by atoms with Gasteiger partial charge in [0.05, 0.1) is 12.5 Å². The highest BCUT2D eigenvalue weighted by Crippen LogP contribution is 2.39. The quantitative estimate of drug-likeness (QED) is 0.577. The van der Waals surface area contributed by atoms with Crippen molar-refractivity contribution in [1.82, 2.24) is 0 Å². The number of aryl methyl sites for hydroxylation is 1. The van der Waals surface area contributed by atoms with E-state index in [1.165, 1.54) is 11.1 Å². The van der Waals surface area contributed by atoms with Crippen LogP contribution in [0.2, 0.25) is 0 Å². The lowest BCUT2D eigenvalue weighted by atomic mass is 9.97. The highest BCUT2D eigenvalue weighted by atomic mass is 35.5. The van der Waals surface area contributed by atoms with Crippen LogP contribution in [0.15, 0.2) is 47.2 Å². The lowest BCUT2D eigenvalue weighted by Gasteiger charge is -2.15. The number of halogens is 1. The van der Waals surface area contributed by atoms with Gasteiger partial charge in [0.1, 0.15) is 5.75 Å². The largest absolute Gasteiger partial charge is 0.496 e. The lowest BCUT2D eigenvalue weighted by Crippen LogP contribution is -1.96. The Morgan fingerprint density at radius 1 is 1.00 bits per heavy atom. The second kappa shape index (κ2) is 5.47. The predicted octanol–water partition coefficient (Wildman–Crippen LogP) is 5.55. The number of benzene rings is 2. The molecule has 0 saturated heterocycles. The summed E-state index contributed by atoms with van der Waals surface area (Å²) in [6.07, 6.45) is 0. The van der Waals surface area contributed by atoms with Gasteiger partial charge < -0.3 is 4.74 Å². The molecule has 20 heavy (non-hydrogen) atoms. The molecule has 0 aliphatic carbocycles. The minimum absolute atomic E-state index is 0.128. The van der Waals surface area contributed by atoms with E-state index in [4.69, 9.17) is 16.3 Å². The molecule has 0 bridgehead atoms. The van der Waals surface area contributed by atoms with Crippen LogP contribution in [0.4, 0.5) is 0 Å². The second-order valence-electron chi connectivity index (χ2n) is 4.78. The van der Waals surface area contributed by atoms with Crippen LogP contribution in [-0.4, -0.2) is 7.11 Å². The number of methoxy groups -OCH3 is 1. The van der Waals surface area contributed by atoms with Crippen molar-refractivity contribution in [3.63, 3.8) is 0 Å². The second-order valence-corrected chi connectivity index (χ2v) is 5.96. The van der Waals surface area contributed by atoms with Crippen molar-refractivity contribution in [2.75, 3.05) is 7.11 Å². The molecule has 3 rings (SSSR count). The molecule has 0 aliphatic heterocycles. The van der Waals surface area contributed by atoms with E-state index in [9.17, 15) is 0 Å². The van der Waals surface area contributed by atoms with Gasteiger partial charge in [-0.2, -0.15) is 11.3 Å². The van der Waals surface area contributed by atoms with Gasteiger partial charge in [0.15, 0.2) is 0 Å². The lowest BCUT2D eigenvalue weighted by molar-refractivity contribution is 0.419. The smallest absolute Gasteiger partial charge is 0.126 e. The van der Waals surface area contributed by atoms with Gasteiger partial charge in [-0.3, -0.25) is 0 Å². The Bertz CT molecular complexity index is 748. The van der Waals surface area contributed by atoms with Gasteiger partial charge in [0.25, 0.3) is 0 Å². The standard InChI is InChI=1S/C17H15ClOS/c1-11-9-20-10-15(11)17(18)14-7-8-16(19-2)13-6-4-3-5-12(13)14/h3-10,17H,1-2H3. The molecule has 0 fully saturated rings. The Balaban J connectivity index is 2.20. The fraction of sp³-hybridized carbons (Fsp3) is 0.176. The maximum atomic E-state index is 6.72. The van der Waals surface area contributed by atoms with Crippen molar-refractivity contribution in [2.24, 2.45) is 0 Å². The third kappa shape index (κ3) is 2.19. The summed E-state index contributed by atoms with van der Waals surface area (Å²) in [6.45, 7) is 2.10. The van der Waals surface area contributed by atoms with Gasteiger partial charge in [0.2, 0.25) is 0 Å². The summed E-state index contributed by atoms with van der Waals surface area (Å²) in [7, 11) is 1.70. The van der Waals surface area contributed by atoms with Gasteiger partial charge in [-0.25, -0.2) is 0 Å².